The molecule has 0 heterocycles. The van der Waals surface area contributed by atoms with Crippen molar-refractivity contribution in [1.82, 2.24) is 5.32 Å². The SMILES string of the molecule is CCCCC/C=C\C/C=C\CCCCCCCCCCCC(=O)OCCCCCCCCCCCCCCCCCCC(=O)NC(CO)C(O)/C=C/CCCCCCCCCCCCCCCCCCCCCCCCC. The van der Waals surface area contributed by atoms with E-state index in [0.29, 0.717) is 19.4 Å². The zero-order valence-electron chi connectivity index (χ0n) is 52.0. The zero-order chi connectivity index (χ0) is 55.7. The van der Waals surface area contributed by atoms with Gasteiger partial charge in [-0.1, -0.05) is 339 Å². The third-order valence-electron chi connectivity index (χ3n) is 16.2. The highest BCUT2D eigenvalue weighted by atomic mass is 16.5. The lowest BCUT2D eigenvalue weighted by atomic mass is 10.0. The lowest BCUT2D eigenvalue weighted by Gasteiger charge is -2.20. The van der Waals surface area contributed by atoms with Gasteiger partial charge >= 0.3 is 5.97 Å². The summed E-state index contributed by atoms with van der Waals surface area (Å²) in [5.74, 6) is -0.0717. The number of aliphatic hydroxyl groups excluding tert-OH is 2. The van der Waals surface area contributed by atoms with Crippen LogP contribution < -0.4 is 5.32 Å². The molecule has 0 aliphatic heterocycles. The molecule has 6 nitrogen and oxygen atoms in total. The maximum Gasteiger partial charge on any atom is 0.305 e. The van der Waals surface area contributed by atoms with Crippen LogP contribution in [0.5, 0.6) is 0 Å². The number of carbonyl (C=O) groups excluding carboxylic acids is 2. The number of hydrogen-bond donors (Lipinski definition) is 3. The highest BCUT2D eigenvalue weighted by Crippen LogP contribution is 2.18. The molecule has 0 saturated carbocycles. The van der Waals surface area contributed by atoms with Crippen molar-refractivity contribution in [3.05, 3.63) is 36.5 Å². The average Bonchev–Trinajstić information content (AvgIpc) is 3.43. The van der Waals surface area contributed by atoms with Crippen LogP contribution in [-0.2, 0) is 14.3 Å². The molecule has 0 aliphatic carbocycles. The minimum absolute atomic E-state index is 0.000725. The number of hydrogen-bond acceptors (Lipinski definition) is 5. The molecule has 0 fully saturated rings. The van der Waals surface area contributed by atoms with Gasteiger partial charge in [-0.15, -0.1) is 0 Å². The largest absolute Gasteiger partial charge is 0.466 e. The second kappa shape index (κ2) is 66.6. The van der Waals surface area contributed by atoms with E-state index in [-0.39, 0.29) is 18.5 Å². The Labute approximate surface area is 481 Å². The Morgan fingerprint density at radius 1 is 0.364 bits per heavy atom. The number of esters is 1. The van der Waals surface area contributed by atoms with Gasteiger partial charge in [0.25, 0.3) is 0 Å². The number of rotatable bonds is 65. The maximum absolute atomic E-state index is 12.5. The maximum atomic E-state index is 12.5. The minimum Gasteiger partial charge on any atom is -0.466 e. The van der Waals surface area contributed by atoms with Gasteiger partial charge in [-0.3, -0.25) is 9.59 Å². The molecule has 0 aromatic carbocycles. The molecular formula is C71H135NO5. The van der Waals surface area contributed by atoms with E-state index >= 15 is 0 Å². The molecule has 0 bridgehead atoms. The van der Waals surface area contributed by atoms with E-state index in [1.165, 1.54) is 302 Å². The van der Waals surface area contributed by atoms with Crippen molar-refractivity contribution in [1.29, 1.82) is 0 Å². The third kappa shape index (κ3) is 63.1. The minimum atomic E-state index is -0.851. The van der Waals surface area contributed by atoms with Crippen LogP contribution in [0, 0.1) is 0 Å². The van der Waals surface area contributed by atoms with Crippen molar-refractivity contribution in [2.45, 2.75) is 392 Å². The van der Waals surface area contributed by atoms with E-state index in [1.807, 2.05) is 6.08 Å². The molecule has 0 aromatic heterocycles. The van der Waals surface area contributed by atoms with E-state index in [9.17, 15) is 19.8 Å². The summed E-state index contributed by atoms with van der Waals surface area (Å²) in [6.07, 6.45) is 84.9. The molecule has 3 N–H and O–H groups in total. The first-order chi connectivity index (χ1) is 38.0. The second-order valence-corrected chi connectivity index (χ2v) is 23.9. The highest BCUT2D eigenvalue weighted by Gasteiger charge is 2.18. The fourth-order valence-electron chi connectivity index (χ4n) is 10.8. The second-order valence-electron chi connectivity index (χ2n) is 23.9. The van der Waals surface area contributed by atoms with Gasteiger partial charge < -0.3 is 20.3 Å². The third-order valence-corrected chi connectivity index (χ3v) is 16.2. The number of aliphatic hydroxyl groups is 2. The highest BCUT2D eigenvalue weighted by molar-refractivity contribution is 5.76. The van der Waals surface area contributed by atoms with Crippen molar-refractivity contribution in [2.24, 2.45) is 0 Å². The zero-order valence-corrected chi connectivity index (χ0v) is 52.0. The van der Waals surface area contributed by atoms with Gasteiger partial charge in [-0.2, -0.15) is 0 Å². The number of unbranched alkanes of at least 4 members (excludes halogenated alkanes) is 50. The summed E-state index contributed by atoms with van der Waals surface area (Å²) in [7, 11) is 0. The fourth-order valence-corrected chi connectivity index (χ4v) is 10.8. The van der Waals surface area contributed by atoms with Crippen molar-refractivity contribution in [3.8, 4) is 0 Å². The predicted molar refractivity (Wildman–Crippen MR) is 338 cm³/mol. The van der Waals surface area contributed by atoms with Gasteiger partial charge in [0, 0.05) is 12.8 Å². The quantitative estimate of drug-likeness (QED) is 0.0320. The standard InChI is InChI=1S/C71H135NO5/c1-3-5-7-9-11-13-15-17-19-21-23-24-25-26-27-28-30-31-35-39-43-47-51-55-59-63-69(74)68(67-73)72-70(75)64-60-56-52-48-44-40-36-33-34-38-42-46-50-54-58-62-66-77-71(76)65-61-57-53-49-45-41-37-32-29-22-20-18-16-14-12-10-8-6-4-2/h12,14,18,20,59,63,68-69,73-74H,3-11,13,15-17,19,21-58,60-62,64-67H2,1-2H3,(H,72,75)/b14-12-,20-18-,63-59+. The first-order valence-corrected chi connectivity index (χ1v) is 34.8. The van der Waals surface area contributed by atoms with Crippen molar-refractivity contribution >= 4 is 11.9 Å². The van der Waals surface area contributed by atoms with E-state index in [4.69, 9.17) is 4.74 Å². The number of ether oxygens (including phenoxy) is 1. The summed E-state index contributed by atoms with van der Waals surface area (Å²) >= 11 is 0. The topological polar surface area (TPSA) is 95.9 Å². The Kier molecular flexibility index (Phi) is 64.9. The van der Waals surface area contributed by atoms with Gasteiger partial charge in [-0.25, -0.2) is 0 Å². The first-order valence-electron chi connectivity index (χ1n) is 34.8. The molecule has 0 aromatic rings. The Hall–Kier alpha value is -1.92. The summed E-state index contributed by atoms with van der Waals surface area (Å²) in [6.45, 7) is 4.90. The van der Waals surface area contributed by atoms with Crippen LogP contribution in [0.2, 0.25) is 0 Å². The average molecular weight is 1080 g/mol. The van der Waals surface area contributed by atoms with Crippen molar-refractivity contribution in [3.63, 3.8) is 0 Å². The normalized spacial score (nSPS) is 12.7. The molecule has 0 saturated heterocycles. The van der Waals surface area contributed by atoms with Gasteiger partial charge in [0.1, 0.15) is 0 Å². The van der Waals surface area contributed by atoms with Crippen molar-refractivity contribution < 1.29 is 24.5 Å². The molecule has 77 heavy (non-hydrogen) atoms. The molecular weight excluding hydrogens is 947 g/mol. The first kappa shape index (κ1) is 75.1. The van der Waals surface area contributed by atoms with Crippen molar-refractivity contribution in [2.75, 3.05) is 13.2 Å². The monoisotopic (exact) mass is 1080 g/mol. The Balaban J connectivity index is 3.44. The molecule has 2 atom stereocenters. The molecule has 2 unspecified atom stereocenters. The molecule has 0 spiro atoms. The van der Waals surface area contributed by atoms with Gasteiger partial charge in [0.2, 0.25) is 5.91 Å². The summed E-state index contributed by atoms with van der Waals surface area (Å²) in [4.78, 5) is 24.6. The number of allylic oxidation sites excluding steroid dienone is 5. The van der Waals surface area contributed by atoms with E-state index in [0.717, 1.165) is 51.4 Å². The van der Waals surface area contributed by atoms with Crippen LogP contribution in [0.3, 0.4) is 0 Å². The van der Waals surface area contributed by atoms with Crippen LogP contribution >= 0.6 is 0 Å². The number of nitrogens with one attached hydrogen (secondary N) is 1. The lowest BCUT2D eigenvalue weighted by Crippen LogP contribution is -2.45. The van der Waals surface area contributed by atoms with Crippen LogP contribution in [-0.4, -0.2) is 47.4 Å². The van der Waals surface area contributed by atoms with E-state index in [2.05, 4.69) is 43.5 Å². The molecule has 0 rings (SSSR count). The summed E-state index contributed by atoms with van der Waals surface area (Å²) in [5.41, 5.74) is 0. The van der Waals surface area contributed by atoms with Gasteiger partial charge in [-0.05, 0) is 64.2 Å². The summed E-state index contributed by atoms with van der Waals surface area (Å²) in [5, 5.41) is 23.3. The molecule has 6 heteroatoms. The van der Waals surface area contributed by atoms with Crippen LogP contribution in [0.25, 0.3) is 0 Å². The molecule has 0 aliphatic rings. The Morgan fingerprint density at radius 3 is 1.01 bits per heavy atom. The lowest BCUT2D eigenvalue weighted by molar-refractivity contribution is -0.143. The molecule has 1 amide bonds. The van der Waals surface area contributed by atoms with Crippen LogP contribution in [0.4, 0.5) is 0 Å². The molecule has 0 radical (unpaired) electrons. The Morgan fingerprint density at radius 2 is 0.649 bits per heavy atom. The fraction of sp³-hybridized carbons (Fsp3) is 0.887. The molecule has 454 valence electrons. The van der Waals surface area contributed by atoms with Crippen LogP contribution in [0.1, 0.15) is 380 Å². The van der Waals surface area contributed by atoms with E-state index < -0.39 is 12.1 Å². The number of carbonyl (C=O) groups is 2. The number of amides is 1. The van der Waals surface area contributed by atoms with Crippen LogP contribution in [0.15, 0.2) is 36.5 Å². The van der Waals surface area contributed by atoms with Gasteiger partial charge in [0.05, 0.1) is 25.4 Å². The van der Waals surface area contributed by atoms with Gasteiger partial charge in [0.15, 0.2) is 0 Å². The predicted octanol–water partition coefficient (Wildman–Crippen LogP) is 22.3. The summed E-state index contributed by atoms with van der Waals surface area (Å²) in [6, 6.07) is -0.635. The summed E-state index contributed by atoms with van der Waals surface area (Å²) < 4.78 is 5.50. The Bertz CT molecular complexity index is 1250. The smallest absolute Gasteiger partial charge is 0.305 e. The van der Waals surface area contributed by atoms with E-state index in [1.54, 1.807) is 6.08 Å².